The monoisotopic (exact) mass is 264 g/mol. The molecule has 0 amide bonds. The summed E-state index contributed by atoms with van der Waals surface area (Å²) >= 11 is 0. The van der Waals surface area contributed by atoms with Gasteiger partial charge in [0.05, 0.1) is 8.07 Å². The fourth-order valence-electron chi connectivity index (χ4n) is 2.69. The third kappa shape index (κ3) is 2.31. The molecule has 0 unspecified atom stereocenters. The average molecular weight is 264 g/mol. The zero-order chi connectivity index (χ0) is 13.5. The second-order valence-electron chi connectivity index (χ2n) is 6.31. The Morgan fingerprint density at radius 3 is 2.32 bits per heavy atom. The van der Waals surface area contributed by atoms with Gasteiger partial charge in [0.2, 0.25) is 0 Å². The summed E-state index contributed by atoms with van der Waals surface area (Å²) in [6.07, 6.45) is 5.60. The van der Waals surface area contributed by atoms with Gasteiger partial charge in [-0.25, -0.2) is 0 Å². The molecule has 3 rings (SSSR count). The van der Waals surface area contributed by atoms with Crippen LogP contribution >= 0.6 is 0 Å². The Morgan fingerprint density at radius 1 is 0.895 bits per heavy atom. The summed E-state index contributed by atoms with van der Waals surface area (Å²) in [4.78, 5) is 0. The van der Waals surface area contributed by atoms with E-state index < -0.39 is 8.07 Å². The largest absolute Gasteiger partial charge is 0.0795 e. The van der Waals surface area contributed by atoms with Crippen molar-refractivity contribution in [2.24, 2.45) is 0 Å². The van der Waals surface area contributed by atoms with Crippen LogP contribution in [0, 0.1) is 0 Å². The van der Waals surface area contributed by atoms with Gasteiger partial charge in [-0.05, 0) is 28.7 Å². The van der Waals surface area contributed by atoms with Crippen molar-refractivity contribution in [3.63, 3.8) is 0 Å². The van der Waals surface area contributed by atoms with Crippen LogP contribution in [0.1, 0.15) is 11.1 Å². The van der Waals surface area contributed by atoms with Crippen molar-refractivity contribution in [3.8, 4) is 11.1 Å². The van der Waals surface area contributed by atoms with Crippen LogP contribution in [-0.2, 0) is 6.42 Å². The van der Waals surface area contributed by atoms with Crippen LogP contribution in [0.5, 0.6) is 0 Å². The lowest BCUT2D eigenvalue weighted by atomic mass is 9.97. The van der Waals surface area contributed by atoms with Crippen LogP contribution in [0.15, 0.2) is 48.5 Å². The van der Waals surface area contributed by atoms with Crippen LogP contribution in [0.2, 0.25) is 19.6 Å². The zero-order valence-electron chi connectivity index (χ0n) is 11.9. The highest BCUT2D eigenvalue weighted by molar-refractivity contribution is 6.88. The maximum Gasteiger partial charge on any atom is 0.0775 e. The summed E-state index contributed by atoms with van der Waals surface area (Å²) in [7, 11) is -1.19. The van der Waals surface area contributed by atoms with Gasteiger partial charge in [-0.1, -0.05) is 79.4 Å². The van der Waals surface area contributed by atoms with Crippen LogP contribution < -0.4 is 5.19 Å². The van der Waals surface area contributed by atoms with E-state index in [0.29, 0.717) is 0 Å². The second kappa shape index (κ2) is 4.50. The highest BCUT2D eigenvalue weighted by Gasteiger charge is 2.16. The SMILES string of the molecule is C[Si](C)(C)c1ccc(-c2cccc3c2C=CC3)cc1. The summed E-state index contributed by atoms with van der Waals surface area (Å²) in [5.41, 5.74) is 5.56. The lowest BCUT2D eigenvalue weighted by Gasteiger charge is -2.17. The molecule has 0 nitrogen and oxygen atoms in total. The molecule has 1 heteroatoms. The first kappa shape index (κ1) is 12.4. The lowest BCUT2D eigenvalue weighted by Crippen LogP contribution is -2.37. The van der Waals surface area contributed by atoms with E-state index in [1.807, 2.05) is 0 Å². The Bertz CT molecular complexity index is 628. The number of fused-ring (bicyclic) bond motifs is 1. The predicted octanol–water partition coefficient (Wildman–Crippen LogP) is 4.47. The van der Waals surface area contributed by atoms with E-state index in [2.05, 4.69) is 74.3 Å². The average Bonchev–Trinajstić information content (AvgIpc) is 2.86. The molecular formula is C18H20Si. The van der Waals surface area contributed by atoms with Gasteiger partial charge < -0.3 is 0 Å². The van der Waals surface area contributed by atoms with Crippen LogP contribution in [0.4, 0.5) is 0 Å². The quantitative estimate of drug-likeness (QED) is 0.702. The molecule has 0 radical (unpaired) electrons. The van der Waals surface area contributed by atoms with Crippen molar-refractivity contribution in [2.45, 2.75) is 26.1 Å². The molecule has 2 aromatic carbocycles. The fourth-order valence-corrected chi connectivity index (χ4v) is 3.86. The van der Waals surface area contributed by atoms with Gasteiger partial charge in [-0.2, -0.15) is 0 Å². The molecule has 96 valence electrons. The maximum atomic E-state index is 2.39. The maximum absolute atomic E-state index is 2.39. The van der Waals surface area contributed by atoms with E-state index in [1.54, 1.807) is 0 Å². The number of allylic oxidation sites excluding steroid dienone is 1. The minimum absolute atomic E-state index is 1.08. The van der Waals surface area contributed by atoms with Crippen molar-refractivity contribution in [1.82, 2.24) is 0 Å². The lowest BCUT2D eigenvalue weighted by molar-refractivity contribution is 1.31. The van der Waals surface area contributed by atoms with Crippen molar-refractivity contribution >= 4 is 19.3 Å². The van der Waals surface area contributed by atoms with Crippen molar-refractivity contribution in [1.29, 1.82) is 0 Å². The highest BCUT2D eigenvalue weighted by Crippen LogP contribution is 2.30. The van der Waals surface area contributed by atoms with E-state index in [-0.39, 0.29) is 0 Å². The molecule has 0 bridgehead atoms. The summed E-state index contributed by atoms with van der Waals surface area (Å²) < 4.78 is 0. The zero-order valence-corrected chi connectivity index (χ0v) is 12.9. The normalized spacial score (nSPS) is 13.6. The van der Waals surface area contributed by atoms with Gasteiger partial charge in [0.15, 0.2) is 0 Å². The molecule has 0 saturated heterocycles. The van der Waals surface area contributed by atoms with E-state index in [4.69, 9.17) is 0 Å². The molecule has 19 heavy (non-hydrogen) atoms. The molecule has 1 aliphatic carbocycles. The first-order valence-electron chi connectivity index (χ1n) is 6.95. The molecule has 2 aromatic rings. The van der Waals surface area contributed by atoms with Gasteiger partial charge in [0.1, 0.15) is 0 Å². The number of rotatable bonds is 2. The Morgan fingerprint density at radius 2 is 1.63 bits per heavy atom. The highest BCUT2D eigenvalue weighted by atomic mass is 28.3. The molecule has 0 aromatic heterocycles. The fraction of sp³-hybridized carbons (Fsp3) is 0.222. The van der Waals surface area contributed by atoms with Crippen molar-refractivity contribution < 1.29 is 0 Å². The Labute approximate surface area is 116 Å². The van der Waals surface area contributed by atoms with Crippen molar-refractivity contribution in [3.05, 3.63) is 59.7 Å². The number of benzene rings is 2. The topological polar surface area (TPSA) is 0 Å². The summed E-state index contributed by atoms with van der Waals surface area (Å²) in [6.45, 7) is 7.18. The van der Waals surface area contributed by atoms with Crippen LogP contribution in [0.3, 0.4) is 0 Å². The molecular weight excluding hydrogens is 244 g/mol. The smallest absolute Gasteiger partial charge is 0.0775 e. The summed E-state index contributed by atoms with van der Waals surface area (Å²) in [6, 6.07) is 15.9. The molecule has 0 heterocycles. The van der Waals surface area contributed by atoms with E-state index in [1.165, 1.54) is 27.4 Å². The predicted molar refractivity (Wildman–Crippen MR) is 87.6 cm³/mol. The Hall–Kier alpha value is -1.60. The minimum Gasteiger partial charge on any atom is -0.0795 e. The van der Waals surface area contributed by atoms with Crippen molar-refractivity contribution in [2.75, 3.05) is 0 Å². The third-order valence-electron chi connectivity index (χ3n) is 3.88. The Balaban J connectivity index is 2.04. The van der Waals surface area contributed by atoms with E-state index in [9.17, 15) is 0 Å². The first-order chi connectivity index (χ1) is 9.05. The molecule has 0 N–H and O–H groups in total. The molecule has 0 fully saturated rings. The second-order valence-corrected chi connectivity index (χ2v) is 11.4. The number of hydrogen-bond acceptors (Lipinski definition) is 0. The van der Waals surface area contributed by atoms with E-state index >= 15 is 0 Å². The summed E-state index contributed by atoms with van der Waals surface area (Å²) in [5.74, 6) is 0. The van der Waals surface area contributed by atoms with Crippen LogP contribution in [-0.4, -0.2) is 8.07 Å². The van der Waals surface area contributed by atoms with Gasteiger partial charge >= 0.3 is 0 Å². The third-order valence-corrected chi connectivity index (χ3v) is 5.95. The molecule has 0 aliphatic heterocycles. The molecule has 0 atom stereocenters. The molecule has 0 spiro atoms. The van der Waals surface area contributed by atoms with Gasteiger partial charge in [0.25, 0.3) is 0 Å². The Kier molecular flexibility index (Phi) is 2.94. The standard InChI is InChI=1S/C18H20Si/c1-19(2,3)16-12-10-15(11-13-16)18-9-5-7-14-6-4-8-17(14)18/h4-5,7-13H,6H2,1-3H3. The number of hydrogen-bond donors (Lipinski definition) is 0. The first-order valence-corrected chi connectivity index (χ1v) is 10.4. The summed E-state index contributed by atoms with van der Waals surface area (Å²) in [5, 5.41) is 1.53. The van der Waals surface area contributed by atoms with Crippen LogP contribution in [0.25, 0.3) is 17.2 Å². The minimum atomic E-state index is -1.19. The van der Waals surface area contributed by atoms with Gasteiger partial charge in [0, 0.05) is 0 Å². The van der Waals surface area contributed by atoms with E-state index in [0.717, 1.165) is 6.42 Å². The van der Waals surface area contributed by atoms with Gasteiger partial charge in [-0.15, -0.1) is 0 Å². The molecule has 0 saturated carbocycles. The molecule has 1 aliphatic rings. The van der Waals surface area contributed by atoms with Gasteiger partial charge in [-0.3, -0.25) is 0 Å².